The van der Waals surface area contributed by atoms with E-state index in [1.165, 1.54) is 8.61 Å². The first kappa shape index (κ1) is 15.6. The minimum absolute atomic E-state index is 0.128. The number of hydrogen-bond acceptors (Lipinski definition) is 7. The summed E-state index contributed by atoms with van der Waals surface area (Å²) in [4.78, 5) is 3.91. The van der Waals surface area contributed by atoms with Crippen molar-refractivity contribution in [3.8, 4) is 0 Å². The molecular formula is C9H16N4O4S3. The number of aromatic nitrogens is 1. The Balaban J connectivity index is 2.20. The molecule has 2 N–H and O–H groups in total. The van der Waals surface area contributed by atoms with Gasteiger partial charge in [0.1, 0.15) is 0 Å². The van der Waals surface area contributed by atoms with Gasteiger partial charge in [-0.3, -0.25) is 0 Å². The maximum atomic E-state index is 12.5. The van der Waals surface area contributed by atoms with Crippen LogP contribution in [-0.4, -0.2) is 62.9 Å². The molecule has 1 saturated heterocycles. The summed E-state index contributed by atoms with van der Waals surface area (Å²) in [7, 11) is -6.93. The van der Waals surface area contributed by atoms with Crippen LogP contribution in [-0.2, 0) is 20.0 Å². The molecular weight excluding hydrogens is 324 g/mol. The van der Waals surface area contributed by atoms with E-state index in [-0.39, 0.29) is 35.5 Å². The molecule has 0 atom stereocenters. The maximum absolute atomic E-state index is 12.5. The highest BCUT2D eigenvalue weighted by atomic mass is 32.2. The second kappa shape index (κ2) is 5.22. The zero-order chi connectivity index (χ0) is 15.1. The lowest BCUT2D eigenvalue weighted by Gasteiger charge is -2.32. The summed E-state index contributed by atoms with van der Waals surface area (Å²) in [6.07, 6.45) is 1.12. The van der Waals surface area contributed by atoms with Crippen molar-refractivity contribution < 1.29 is 16.8 Å². The van der Waals surface area contributed by atoms with Crippen LogP contribution in [0, 0.1) is 6.92 Å². The molecule has 0 aromatic carbocycles. The minimum Gasteiger partial charge on any atom is -0.375 e. The predicted octanol–water partition coefficient (Wildman–Crippen LogP) is -0.700. The minimum atomic E-state index is -3.65. The molecule has 1 fully saturated rings. The van der Waals surface area contributed by atoms with Crippen LogP contribution in [0.1, 0.15) is 5.69 Å². The lowest BCUT2D eigenvalue weighted by Crippen LogP contribution is -2.50. The third-order valence-electron chi connectivity index (χ3n) is 3.01. The van der Waals surface area contributed by atoms with Crippen LogP contribution in [0.15, 0.2) is 4.21 Å². The Hall–Kier alpha value is -0.750. The van der Waals surface area contributed by atoms with Gasteiger partial charge in [0.05, 0.1) is 11.9 Å². The van der Waals surface area contributed by atoms with Gasteiger partial charge < -0.3 is 5.73 Å². The van der Waals surface area contributed by atoms with E-state index >= 15 is 0 Å². The Labute approximate surface area is 122 Å². The molecule has 0 radical (unpaired) electrons. The summed E-state index contributed by atoms with van der Waals surface area (Å²) >= 11 is 0.926. The van der Waals surface area contributed by atoms with Gasteiger partial charge in [0.25, 0.3) is 10.0 Å². The monoisotopic (exact) mass is 340 g/mol. The van der Waals surface area contributed by atoms with Gasteiger partial charge in [-0.05, 0) is 6.92 Å². The Morgan fingerprint density at radius 3 is 2.00 bits per heavy atom. The van der Waals surface area contributed by atoms with E-state index in [0.717, 1.165) is 17.6 Å². The van der Waals surface area contributed by atoms with Gasteiger partial charge >= 0.3 is 0 Å². The third-order valence-corrected chi connectivity index (χ3v) is 7.79. The number of thiazole rings is 1. The molecule has 0 aliphatic carbocycles. The summed E-state index contributed by atoms with van der Waals surface area (Å²) in [6.45, 7) is 2.17. The lowest BCUT2D eigenvalue weighted by atomic mass is 10.4. The van der Waals surface area contributed by atoms with Crippen LogP contribution < -0.4 is 5.73 Å². The smallest absolute Gasteiger partial charge is 0.254 e. The first-order chi connectivity index (χ1) is 9.12. The van der Waals surface area contributed by atoms with Crippen molar-refractivity contribution in [2.45, 2.75) is 11.1 Å². The lowest BCUT2D eigenvalue weighted by molar-refractivity contribution is 0.274. The van der Waals surface area contributed by atoms with Crippen LogP contribution >= 0.6 is 11.3 Å². The zero-order valence-corrected chi connectivity index (χ0v) is 13.6. The number of nitrogen functional groups attached to an aromatic ring is 1. The molecule has 8 nitrogen and oxygen atoms in total. The molecule has 114 valence electrons. The van der Waals surface area contributed by atoms with Gasteiger partial charge in [0, 0.05) is 26.2 Å². The number of anilines is 1. The molecule has 11 heteroatoms. The first-order valence-corrected chi connectivity index (χ1v) is 9.91. The van der Waals surface area contributed by atoms with Gasteiger partial charge in [-0.1, -0.05) is 11.3 Å². The molecule has 0 saturated carbocycles. The van der Waals surface area contributed by atoms with E-state index in [4.69, 9.17) is 5.73 Å². The highest BCUT2D eigenvalue weighted by Crippen LogP contribution is 2.28. The maximum Gasteiger partial charge on any atom is 0.254 e. The van der Waals surface area contributed by atoms with Crippen molar-refractivity contribution in [2.75, 3.05) is 38.2 Å². The second-order valence-electron chi connectivity index (χ2n) is 4.49. The second-order valence-corrected chi connectivity index (χ2v) is 9.64. The molecule has 1 aromatic heterocycles. The van der Waals surface area contributed by atoms with Crippen molar-refractivity contribution >= 4 is 36.5 Å². The molecule has 2 heterocycles. The molecule has 2 rings (SSSR count). The highest BCUT2D eigenvalue weighted by molar-refractivity contribution is 7.91. The summed E-state index contributed by atoms with van der Waals surface area (Å²) in [5, 5.41) is 0.204. The van der Waals surface area contributed by atoms with Gasteiger partial charge in [-0.2, -0.15) is 8.61 Å². The largest absolute Gasteiger partial charge is 0.375 e. The average molecular weight is 340 g/mol. The van der Waals surface area contributed by atoms with Crippen LogP contribution in [0.3, 0.4) is 0 Å². The fourth-order valence-electron chi connectivity index (χ4n) is 2.00. The highest BCUT2D eigenvalue weighted by Gasteiger charge is 2.33. The van der Waals surface area contributed by atoms with Crippen LogP contribution in [0.4, 0.5) is 5.13 Å². The number of sulfonamides is 2. The molecule has 1 aromatic rings. The van der Waals surface area contributed by atoms with Gasteiger partial charge in [-0.15, -0.1) is 0 Å². The van der Waals surface area contributed by atoms with Gasteiger partial charge in [0.15, 0.2) is 9.34 Å². The normalized spacial score (nSPS) is 19.3. The topological polar surface area (TPSA) is 114 Å². The van der Waals surface area contributed by atoms with E-state index in [2.05, 4.69) is 4.98 Å². The molecule has 0 bridgehead atoms. The van der Waals surface area contributed by atoms with Crippen LogP contribution in [0.25, 0.3) is 0 Å². The number of hydrogen-bond donors (Lipinski definition) is 1. The number of aryl methyl sites for hydroxylation is 1. The fourth-order valence-corrected chi connectivity index (χ4v) is 5.68. The predicted molar refractivity (Wildman–Crippen MR) is 76.4 cm³/mol. The van der Waals surface area contributed by atoms with Crippen molar-refractivity contribution in [3.05, 3.63) is 5.69 Å². The molecule has 0 spiro atoms. The molecule has 20 heavy (non-hydrogen) atoms. The first-order valence-electron chi connectivity index (χ1n) is 5.80. The van der Waals surface area contributed by atoms with Gasteiger partial charge in [0.2, 0.25) is 10.0 Å². The summed E-state index contributed by atoms with van der Waals surface area (Å²) in [6, 6.07) is 0. The van der Waals surface area contributed by atoms with Crippen molar-refractivity contribution in [3.63, 3.8) is 0 Å². The summed E-state index contributed by atoms with van der Waals surface area (Å²) < 4.78 is 50.4. The Kier molecular flexibility index (Phi) is 4.08. The number of nitrogens with two attached hydrogens (primary N) is 1. The number of nitrogens with zero attached hydrogens (tertiary/aromatic N) is 3. The molecule has 1 aliphatic heterocycles. The average Bonchev–Trinajstić information content (AvgIpc) is 2.68. The zero-order valence-electron chi connectivity index (χ0n) is 11.1. The third kappa shape index (κ3) is 2.96. The van der Waals surface area contributed by atoms with E-state index in [1.54, 1.807) is 6.92 Å². The SMILES string of the molecule is Cc1nc(N)sc1S(=O)(=O)N1CCN(S(C)(=O)=O)CC1. The quantitative estimate of drug-likeness (QED) is 0.778. The number of piperazine rings is 1. The molecule has 0 amide bonds. The molecule has 1 aliphatic rings. The van der Waals surface area contributed by atoms with Crippen LogP contribution in [0.5, 0.6) is 0 Å². The summed E-state index contributed by atoms with van der Waals surface area (Å²) in [5.41, 5.74) is 5.89. The number of rotatable bonds is 3. The Morgan fingerprint density at radius 1 is 1.10 bits per heavy atom. The Bertz CT molecular complexity index is 702. The molecule has 0 unspecified atom stereocenters. The van der Waals surface area contributed by atoms with Gasteiger partial charge in [-0.25, -0.2) is 21.8 Å². The van der Waals surface area contributed by atoms with E-state index in [0.29, 0.717) is 5.69 Å². The van der Waals surface area contributed by atoms with Crippen LogP contribution in [0.2, 0.25) is 0 Å². The fraction of sp³-hybridized carbons (Fsp3) is 0.667. The Morgan fingerprint density at radius 2 is 1.60 bits per heavy atom. The van der Waals surface area contributed by atoms with Crippen molar-refractivity contribution in [2.24, 2.45) is 0 Å². The van der Waals surface area contributed by atoms with E-state index in [9.17, 15) is 16.8 Å². The standard InChI is InChI=1S/C9H16N4O4S3/c1-7-8(18-9(10)11-7)20(16,17)13-5-3-12(4-6-13)19(2,14)15/h3-6H2,1-2H3,(H2,10,11). The van der Waals surface area contributed by atoms with E-state index < -0.39 is 20.0 Å². The van der Waals surface area contributed by atoms with Crippen molar-refractivity contribution in [1.29, 1.82) is 0 Å². The van der Waals surface area contributed by atoms with Crippen molar-refractivity contribution in [1.82, 2.24) is 13.6 Å². The summed E-state index contributed by atoms with van der Waals surface area (Å²) in [5.74, 6) is 0. The van der Waals surface area contributed by atoms with E-state index in [1.807, 2.05) is 0 Å².